The largest absolute Gasteiger partial charge is 0.494 e. The van der Waals surface area contributed by atoms with Gasteiger partial charge in [-0.05, 0) is 36.1 Å². The third-order valence-electron chi connectivity index (χ3n) is 3.04. The molecule has 2 heteroatoms. The standard InChI is InChI=1S/C16H18O2/c1-3-10-18-15-7-4-13(5-8-15)11-14-6-9-16(17)12(14)2/h4-5,7-8,11H,2-3,6,9-10H2,1H3. The molecule has 1 saturated carbocycles. The Morgan fingerprint density at radius 2 is 2.00 bits per heavy atom. The van der Waals surface area contributed by atoms with Crippen molar-refractivity contribution in [2.45, 2.75) is 26.2 Å². The minimum atomic E-state index is 0.171. The van der Waals surface area contributed by atoms with Gasteiger partial charge in [0.1, 0.15) is 5.75 Å². The second kappa shape index (κ2) is 5.67. The fourth-order valence-electron chi connectivity index (χ4n) is 1.97. The van der Waals surface area contributed by atoms with Crippen LogP contribution in [0.3, 0.4) is 0 Å². The summed E-state index contributed by atoms with van der Waals surface area (Å²) in [5, 5.41) is 0. The molecule has 0 spiro atoms. The average molecular weight is 242 g/mol. The van der Waals surface area contributed by atoms with Gasteiger partial charge in [-0.15, -0.1) is 0 Å². The number of carbonyl (C=O) groups excluding carboxylic acids is 1. The maximum Gasteiger partial charge on any atom is 0.162 e. The lowest BCUT2D eigenvalue weighted by molar-refractivity contribution is -0.114. The Hall–Kier alpha value is -1.83. The van der Waals surface area contributed by atoms with Crippen molar-refractivity contribution in [2.24, 2.45) is 0 Å². The Morgan fingerprint density at radius 3 is 2.56 bits per heavy atom. The monoisotopic (exact) mass is 242 g/mol. The second-order valence-electron chi connectivity index (χ2n) is 4.49. The number of hydrogen-bond donors (Lipinski definition) is 0. The summed E-state index contributed by atoms with van der Waals surface area (Å²) in [5.74, 6) is 1.06. The van der Waals surface area contributed by atoms with Crippen LogP contribution in [0.4, 0.5) is 0 Å². The molecule has 0 N–H and O–H groups in total. The molecule has 2 rings (SSSR count). The molecule has 0 unspecified atom stereocenters. The average Bonchev–Trinajstić information content (AvgIpc) is 2.70. The second-order valence-corrected chi connectivity index (χ2v) is 4.49. The fraction of sp³-hybridized carbons (Fsp3) is 0.312. The molecule has 0 aromatic heterocycles. The van der Waals surface area contributed by atoms with E-state index in [1.807, 2.05) is 30.3 Å². The molecular weight excluding hydrogens is 224 g/mol. The number of hydrogen-bond acceptors (Lipinski definition) is 2. The summed E-state index contributed by atoms with van der Waals surface area (Å²) in [6, 6.07) is 7.94. The first-order chi connectivity index (χ1) is 8.70. The topological polar surface area (TPSA) is 26.3 Å². The van der Waals surface area contributed by atoms with Gasteiger partial charge in [-0.2, -0.15) is 0 Å². The fourth-order valence-corrected chi connectivity index (χ4v) is 1.97. The van der Waals surface area contributed by atoms with E-state index in [4.69, 9.17) is 4.74 Å². The Bertz CT molecular complexity index is 480. The lowest BCUT2D eigenvalue weighted by Crippen LogP contribution is -1.94. The maximum absolute atomic E-state index is 11.4. The first-order valence-corrected chi connectivity index (χ1v) is 6.36. The highest BCUT2D eigenvalue weighted by atomic mass is 16.5. The Morgan fingerprint density at radius 1 is 1.28 bits per heavy atom. The number of ether oxygens (including phenoxy) is 1. The first-order valence-electron chi connectivity index (χ1n) is 6.36. The zero-order valence-corrected chi connectivity index (χ0v) is 10.7. The minimum Gasteiger partial charge on any atom is -0.494 e. The minimum absolute atomic E-state index is 0.171. The van der Waals surface area contributed by atoms with Crippen LogP contribution in [-0.2, 0) is 4.79 Å². The summed E-state index contributed by atoms with van der Waals surface area (Å²) >= 11 is 0. The molecule has 2 nitrogen and oxygen atoms in total. The molecule has 0 saturated heterocycles. The SMILES string of the molecule is C=C1C(=O)CCC1=Cc1ccc(OCCC)cc1. The number of rotatable bonds is 4. The molecule has 18 heavy (non-hydrogen) atoms. The van der Waals surface area contributed by atoms with Crippen molar-refractivity contribution in [1.29, 1.82) is 0 Å². The van der Waals surface area contributed by atoms with Crippen LogP contribution in [0, 0.1) is 0 Å². The van der Waals surface area contributed by atoms with Gasteiger partial charge < -0.3 is 4.74 Å². The van der Waals surface area contributed by atoms with E-state index in [1.165, 1.54) is 0 Å². The van der Waals surface area contributed by atoms with Gasteiger partial charge in [-0.3, -0.25) is 4.79 Å². The van der Waals surface area contributed by atoms with E-state index in [0.717, 1.165) is 36.3 Å². The summed E-state index contributed by atoms with van der Waals surface area (Å²) < 4.78 is 5.53. The Labute approximate surface area is 108 Å². The maximum atomic E-state index is 11.4. The molecule has 94 valence electrons. The quantitative estimate of drug-likeness (QED) is 0.751. The Kier molecular flexibility index (Phi) is 3.98. The van der Waals surface area contributed by atoms with E-state index in [1.54, 1.807) is 0 Å². The molecule has 0 radical (unpaired) electrons. The summed E-state index contributed by atoms with van der Waals surface area (Å²) in [5.41, 5.74) is 2.81. The number of Topliss-reactive ketones (excluding diaryl/α,β-unsaturated/α-hetero) is 1. The van der Waals surface area contributed by atoms with E-state index < -0.39 is 0 Å². The van der Waals surface area contributed by atoms with Gasteiger partial charge in [0.25, 0.3) is 0 Å². The van der Waals surface area contributed by atoms with Crippen molar-refractivity contribution in [1.82, 2.24) is 0 Å². The normalized spacial score (nSPS) is 17.5. The molecule has 1 aromatic carbocycles. The van der Waals surface area contributed by atoms with Gasteiger partial charge in [-0.25, -0.2) is 0 Å². The predicted octanol–water partition coefficient (Wildman–Crippen LogP) is 3.78. The third kappa shape index (κ3) is 2.89. The van der Waals surface area contributed by atoms with Crippen molar-refractivity contribution < 1.29 is 9.53 Å². The number of benzene rings is 1. The van der Waals surface area contributed by atoms with Gasteiger partial charge in [0, 0.05) is 12.0 Å². The molecule has 0 heterocycles. The zero-order chi connectivity index (χ0) is 13.0. The van der Waals surface area contributed by atoms with Gasteiger partial charge in [0.15, 0.2) is 5.78 Å². The summed E-state index contributed by atoms with van der Waals surface area (Å²) in [6.07, 6.45) is 4.46. The van der Waals surface area contributed by atoms with E-state index in [9.17, 15) is 4.79 Å². The van der Waals surface area contributed by atoms with Gasteiger partial charge in [0.2, 0.25) is 0 Å². The molecule has 0 bridgehead atoms. The smallest absolute Gasteiger partial charge is 0.162 e. The summed E-state index contributed by atoms with van der Waals surface area (Å²) in [4.78, 5) is 11.4. The van der Waals surface area contributed by atoms with Crippen molar-refractivity contribution in [3.63, 3.8) is 0 Å². The lowest BCUT2D eigenvalue weighted by atomic mass is 10.1. The highest BCUT2D eigenvalue weighted by molar-refractivity contribution is 6.03. The number of allylic oxidation sites excluding steroid dienone is 2. The highest BCUT2D eigenvalue weighted by Gasteiger charge is 2.19. The summed E-state index contributed by atoms with van der Waals surface area (Å²) in [6.45, 7) is 6.65. The summed E-state index contributed by atoms with van der Waals surface area (Å²) in [7, 11) is 0. The van der Waals surface area contributed by atoms with E-state index in [-0.39, 0.29) is 5.78 Å². The number of ketones is 1. The van der Waals surface area contributed by atoms with Crippen LogP contribution in [-0.4, -0.2) is 12.4 Å². The van der Waals surface area contributed by atoms with Crippen LogP contribution >= 0.6 is 0 Å². The molecule has 0 amide bonds. The predicted molar refractivity (Wildman–Crippen MR) is 73.6 cm³/mol. The van der Waals surface area contributed by atoms with Crippen LogP contribution in [0.1, 0.15) is 31.7 Å². The van der Waals surface area contributed by atoms with Crippen LogP contribution in [0.15, 0.2) is 42.0 Å². The van der Waals surface area contributed by atoms with E-state index >= 15 is 0 Å². The molecule has 0 aliphatic heterocycles. The first kappa shape index (κ1) is 12.6. The molecule has 1 fully saturated rings. The Balaban J connectivity index is 2.08. The van der Waals surface area contributed by atoms with Crippen molar-refractivity contribution in [2.75, 3.05) is 6.61 Å². The highest BCUT2D eigenvalue weighted by Crippen LogP contribution is 2.28. The van der Waals surface area contributed by atoms with E-state index in [2.05, 4.69) is 13.5 Å². The van der Waals surface area contributed by atoms with E-state index in [0.29, 0.717) is 12.0 Å². The molecule has 1 aliphatic carbocycles. The molecular formula is C16H18O2. The molecule has 1 aliphatic rings. The molecule has 1 aromatic rings. The van der Waals surface area contributed by atoms with Crippen molar-refractivity contribution >= 4 is 11.9 Å². The van der Waals surface area contributed by atoms with Gasteiger partial charge in [0.05, 0.1) is 6.61 Å². The van der Waals surface area contributed by atoms with Crippen LogP contribution in [0.5, 0.6) is 5.75 Å². The van der Waals surface area contributed by atoms with Gasteiger partial charge >= 0.3 is 0 Å². The van der Waals surface area contributed by atoms with Crippen LogP contribution in [0.2, 0.25) is 0 Å². The molecule has 0 atom stereocenters. The van der Waals surface area contributed by atoms with Crippen molar-refractivity contribution in [3.05, 3.63) is 47.6 Å². The lowest BCUT2D eigenvalue weighted by Gasteiger charge is -2.04. The zero-order valence-electron chi connectivity index (χ0n) is 10.7. The van der Waals surface area contributed by atoms with Crippen LogP contribution < -0.4 is 4.74 Å². The van der Waals surface area contributed by atoms with Crippen molar-refractivity contribution in [3.8, 4) is 5.75 Å². The van der Waals surface area contributed by atoms with Crippen LogP contribution in [0.25, 0.3) is 6.08 Å². The number of carbonyl (C=O) groups is 1. The third-order valence-corrected chi connectivity index (χ3v) is 3.04. The van der Waals surface area contributed by atoms with Gasteiger partial charge in [-0.1, -0.05) is 31.7 Å².